The molecule has 2 rings (SSSR count). The van der Waals surface area contributed by atoms with E-state index in [0.717, 1.165) is 5.56 Å². The average Bonchev–Trinajstić information content (AvgIpc) is 2.38. The summed E-state index contributed by atoms with van der Waals surface area (Å²) in [6.07, 6.45) is 3.34. The van der Waals surface area contributed by atoms with Crippen molar-refractivity contribution >= 4 is 17.6 Å². The number of aromatic nitrogens is 2. The molecule has 0 radical (unpaired) electrons. The van der Waals surface area contributed by atoms with Gasteiger partial charge in [0.15, 0.2) is 0 Å². The van der Waals surface area contributed by atoms with Gasteiger partial charge in [0.2, 0.25) is 0 Å². The lowest BCUT2D eigenvalue weighted by Crippen LogP contribution is -2.17. The standard InChI is InChI=1S/C13H11ClN2O2/c14-11-5-2-1-4-9(11)8-10(13(17)18)12-15-6-3-7-16-12/h1-7,10H,8H2,(H,17,18). The lowest BCUT2D eigenvalue weighted by molar-refractivity contribution is -0.139. The molecule has 0 bridgehead atoms. The van der Waals surface area contributed by atoms with Gasteiger partial charge < -0.3 is 5.11 Å². The molecular weight excluding hydrogens is 252 g/mol. The zero-order chi connectivity index (χ0) is 13.0. The number of carboxylic acid groups (broad SMARTS) is 1. The van der Waals surface area contributed by atoms with Crippen LogP contribution in [0.25, 0.3) is 0 Å². The molecule has 0 saturated heterocycles. The molecule has 1 atom stereocenters. The second-order valence-electron chi connectivity index (χ2n) is 3.79. The van der Waals surface area contributed by atoms with Crippen molar-refractivity contribution in [3.8, 4) is 0 Å². The van der Waals surface area contributed by atoms with Crippen LogP contribution in [0.5, 0.6) is 0 Å². The van der Waals surface area contributed by atoms with Crippen LogP contribution in [0, 0.1) is 0 Å². The molecule has 1 unspecified atom stereocenters. The Labute approximate surface area is 109 Å². The topological polar surface area (TPSA) is 63.1 Å². The van der Waals surface area contributed by atoms with E-state index in [9.17, 15) is 9.90 Å². The number of hydrogen-bond acceptors (Lipinski definition) is 3. The van der Waals surface area contributed by atoms with Gasteiger partial charge in [0.25, 0.3) is 0 Å². The molecule has 0 fully saturated rings. The van der Waals surface area contributed by atoms with E-state index in [1.807, 2.05) is 6.07 Å². The smallest absolute Gasteiger partial charge is 0.314 e. The highest BCUT2D eigenvalue weighted by Gasteiger charge is 2.23. The second kappa shape index (κ2) is 5.60. The molecule has 18 heavy (non-hydrogen) atoms. The number of aliphatic carboxylic acids is 1. The number of nitrogens with zero attached hydrogens (tertiary/aromatic N) is 2. The van der Waals surface area contributed by atoms with Crippen LogP contribution in [0.2, 0.25) is 5.02 Å². The fraction of sp³-hybridized carbons (Fsp3) is 0.154. The fourth-order valence-corrected chi connectivity index (χ4v) is 1.88. The molecule has 0 amide bonds. The lowest BCUT2D eigenvalue weighted by atomic mass is 9.98. The van der Waals surface area contributed by atoms with Gasteiger partial charge in [-0.3, -0.25) is 4.79 Å². The summed E-state index contributed by atoms with van der Waals surface area (Å²) >= 11 is 6.03. The number of hydrogen-bond donors (Lipinski definition) is 1. The van der Waals surface area contributed by atoms with Gasteiger partial charge in [-0.15, -0.1) is 0 Å². The third kappa shape index (κ3) is 2.84. The molecule has 5 heteroatoms. The van der Waals surface area contributed by atoms with Crippen molar-refractivity contribution in [3.63, 3.8) is 0 Å². The zero-order valence-corrected chi connectivity index (χ0v) is 10.2. The molecule has 2 aromatic rings. The minimum atomic E-state index is -0.957. The molecule has 1 aromatic carbocycles. The molecular formula is C13H11ClN2O2. The van der Waals surface area contributed by atoms with Crippen molar-refractivity contribution in [3.05, 3.63) is 59.1 Å². The van der Waals surface area contributed by atoms with Crippen molar-refractivity contribution in [1.29, 1.82) is 0 Å². The predicted octanol–water partition coefficient (Wildman–Crippen LogP) is 2.54. The number of carbonyl (C=O) groups is 1. The van der Waals surface area contributed by atoms with Gasteiger partial charge in [0.05, 0.1) is 0 Å². The molecule has 0 saturated carbocycles. The van der Waals surface area contributed by atoms with E-state index in [0.29, 0.717) is 10.8 Å². The van der Waals surface area contributed by atoms with Crippen LogP contribution < -0.4 is 0 Å². The molecule has 0 aliphatic heterocycles. The summed E-state index contributed by atoms with van der Waals surface area (Å²) in [5.74, 6) is -1.45. The molecule has 92 valence electrons. The minimum absolute atomic E-state index is 0.277. The molecule has 1 aromatic heterocycles. The van der Waals surface area contributed by atoms with Crippen molar-refractivity contribution in [2.45, 2.75) is 12.3 Å². The maximum atomic E-state index is 11.3. The zero-order valence-electron chi connectivity index (χ0n) is 9.45. The molecule has 1 N–H and O–H groups in total. The van der Waals surface area contributed by atoms with Gasteiger partial charge in [-0.05, 0) is 24.1 Å². The van der Waals surface area contributed by atoms with Gasteiger partial charge in [-0.1, -0.05) is 29.8 Å². The minimum Gasteiger partial charge on any atom is -0.481 e. The summed E-state index contributed by atoms with van der Waals surface area (Å²) in [6, 6.07) is 8.83. The van der Waals surface area contributed by atoms with Crippen molar-refractivity contribution < 1.29 is 9.90 Å². The monoisotopic (exact) mass is 262 g/mol. The summed E-state index contributed by atoms with van der Waals surface area (Å²) in [6.45, 7) is 0. The van der Waals surface area contributed by atoms with Gasteiger partial charge in [0, 0.05) is 17.4 Å². The molecule has 1 heterocycles. The Morgan fingerprint density at radius 1 is 1.22 bits per heavy atom. The Balaban J connectivity index is 2.28. The second-order valence-corrected chi connectivity index (χ2v) is 4.20. The summed E-state index contributed by atoms with van der Waals surface area (Å²) in [5.41, 5.74) is 0.777. The summed E-state index contributed by atoms with van der Waals surface area (Å²) in [7, 11) is 0. The van der Waals surface area contributed by atoms with E-state index >= 15 is 0 Å². The Hall–Kier alpha value is -1.94. The first-order valence-electron chi connectivity index (χ1n) is 5.41. The Morgan fingerprint density at radius 3 is 2.50 bits per heavy atom. The van der Waals surface area contributed by atoms with Crippen LogP contribution in [-0.2, 0) is 11.2 Å². The SMILES string of the molecule is O=C(O)C(Cc1ccccc1Cl)c1ncccn1. The molecule has 0 aliphatic rings. The summed E-state index contributed by atoms with van der Waals surface area (Å²) < 4.78 is 0. The first-order chi connectivity index (χ1) is 8.68. The molecule has 0 spiro atoms. The van der Waals surface area contributed by atoms with Crippen molar-refractivity contribution in [2.24, 2.45) is 0 Å². The van der Waals surface area contributed by atoms with Gasteiger partial charge in [0.1, 0.15) is 11.7 Å². The maximum Gasteiger partial charge on any atom is 0.314 e. The molecule has 0 aliphatic carbocycles. The van der Waals surface area contributed by atoms with E-state index in [1.165, 1.54) is 12.4 Å². The highest BCUT2D eigenvalue weighted by molar-refractivity contribution is 6.31. The van der Waals surface area contributed by atoms with Crippen LogP contribution >= 0.6 is 11.6 Å². The third-order valence-corrected chi connectivity index (χ3v) is 2.95. The fourth-order valence-electron chi connectivity index (χ4n) is 1.66. The van der Waals surface area contributed by atoms with Gasteiger partial charge in [-0.2, -0.15) is 0 Å². The largest absolute Gasteiger partial charge is 0.481 e. The van der Waals surface area contributed by atoms with E-state index in [-0.39, 0.29) is 6.42 Å². The highest BCUT2D eigenvalue weighted by Crippen LogP contribution is 2.23. The average molecular weight is 263 g/mol. The summed E-state index contributed by atoms with van der Waals surface area (Å²) in [5, 5.41) is 9.81. The van der Waals surface area contributed by atoms with E-state index in [4.69, 9.17) is 11.6 Å². The Bertz CT molecular complexity index is 546. The van der Waals surface area contributed by atoms with E-state index in [1.54, 1.807) is 24.3 Å². The van der Waals surface area contributed by atoms with Crippen molar-refractivity contribution in [2.75, 3.05) is 0 Å². The molecule has 4 nitrogen and oxygen atoms in total. The lowest BCUT2D eigenvalue weighted by Gasteiger charge is -2.11. The van der Waals surface area contributed by atoms with Crippen LogP contribution in [0.3, 0.4) is 0 Å². The van der Waals surface area contributed by atoms with E-state index < -0.39 is 11.9 Å². The quantitative estimate of drug-likeness (QED) is 0.920. The first-order valence-corrected chi connectivity index (χ1v) is 5.79. The van der Waals surface area contributed by atoms with Crippen LogP contribution in [0.4, 0.5) is 0 Å². The van der Waals surface area contributed by atoms with Gasteiger partial charge in [-0.25, -0.2) is 9.97 Å². The normalized spacial score (nSPS) is 12.1. The first kappa shape index (κ1) is 12.5. The number of rotatable bonds is 4. The van der Waals surface area contributed by atoms with Crippen LogP contribution in [0.1, 0.15) is 17.3 Å². The summed E-state index contributed by atoms with van der Waals surface area (Å²) in [4.78, 5) is 19.3. The number of halogens is 1. The maximum absolute atomic E-state index is 11.3. The van der Waals surface area contributed by atoms with Crippen molar-refractivity contribution in [1.82, 2.24) is 9.97 Å². The van der Waals surface area contributed by atoms with Crippen LogP contribution in [0.15, 0.2) is 42.7 Å². The van der Waals surface area contributed by atoms with Crippen LogP contribution in [-0.4, -0.2) is 21.0 Å². The predicted molar refractivity (Wildman–Crippen MR) is 67.6 cm³/mol. The Kier molecular flexibility index (Phi) is 3.89. The third-order valence-electron chi connectivity index (χ3n) is 2.58. The van der Waals surface area contributed by atoms with E-state index in [2.05, 4.69) is 9.97 Å². The van der Waals surface area contributed by atoms with Gasteiger partial charge >= 0.3 is 5.97 Å². The number of carboxylic acids is 1. The highest BCUT2D eigenvalue weighted by atomic mass is 35.5. The Morgan fingerprint density at radius 2 is 1.89 bits per heavy atom. The number of benzene rings is 1.